The summed E-state index contributed by atoms with van der Waals surface area (Å²) in [6.45, 7) is 0. The second-order valence-corrected chi connectivity index (χ2v) is 4.25. The summed E-state index contributed by atoms with van der Waals surface area (Å²) in [4.78, 5) is 10.7. The summed E-state index contributed by atoms with van der Waals surface area (Å²) < 4.78 is 0. The highest BCUT2D eigenvalue weighted by atomic mass is 16.4. The number of aliphatic carboxylic acids is 1. The molecule has 0 amide bonds. The number of hydrogen-bond donors (Lipinski definition) is 3. The first kappa shape index (κ1) is 10.8. The van der Waals surface area contributed by atoms with Crippen molar-refractivity contribution < 1.29 is 9.90 Å². The number of rotatable bonds is 2. The molecule has 1 aromatic rings. The highest BCUT2D eigenvalue weighted by molar-refractivity contribution is 5.69. The molecule has 16 heavy (non-hydrogen) atoms. The summed E-state index contributed by atoms with van der Waals surface area (Å²) in [5.74, 6) is -0.759. The average Bonchev–Trinajstić information content (AvgIpc) is 2.37. The second-order valence-electron chi connectivity index (χ2n) is 4.25. The molecule has 1 heterocycles. The van der Waals surface area contributed by atoms with Gasteiger partial charge in [-0.1, -0.05) is 6.07 Å². The highest BCUT2D eigenvalue weighted by Gasteiger charge is 2.18. The lowest BCUT2D eigenvalue weighted by Gasteiger charge is -2.16. The first-order valence-corrected chi connectivity index (χ1v) is 5.52. The van der Waals surface area contributed by atoms with E-state index < -0.39 is 5.97 Å². The zero-order chi connectivity index (χ0) is 11.5. The molecule has 4 heteroatoms. The first-order valence-electron chi connectivity index (χ1n) is 5.52. The van der Waals surface area contributed by atoms with Crippen molar-refractivity contribution in [3.63, 3.8) is 0 Å². The van der Waals surface area contributed by atoms with Crippen LogP contribution in [0.1, 0.15) is 24.8 Å². The van der Waals surface area contributed by atoms with Gasteiger partial charge in [0.2, 0.25) is 0 Å². The number of nitrogens with two attached hydrogens (primary N) is 1. The van der Waals surface area contributed by atoms with Crippen molar-refractivity contribution in [3.05, 3.63) is 23.8 Å². The van der Waals surface area contributed by atoms with Gasteiger partial charge in [-0.25, -0.2) is 0 Å². The number of carboxylic acids is 1. The van der Waals surface area contributed by atoms with Gasteiger partial charge in [-0.15, -0.1) is 0 Å². The molecule has 0 spiro atoms. The largest absolute Gasteiger partial charge is 0.481 e. The number of nitrogens with one attached hydrogen (secondary N) is 1. The van der Waals surface area contributed by atoms with Gasteiger partial charge in [0.05, 0.1) is 6.42 Å². The number of hydrogen-bond acceptors (Lipinski definition) is 3. The van der Waals surface area contributed by atoms with E-state index in [9.17, 15) is 4.79 Å². The molecule has 0 saturated carbocycles. The normalized spacial score (nSPS) is 19.4. The summed E-state index contributed by atoms with van der Waals surface area (Å²) in [6.07, 6.45) is 3.05. The van der Waals surface area contributed by atoms with Crippen LogP contribution in [0.3, 0.4) is 0 Å². The van der Waals surface area contributed by atoms with Gasteiger partial charge in [-0.3, -0.25) is 4.79 Å². The Morgan fingerprint density at radius 1 is 1.56 bits per heavy atom. The van der Waals surface area contributed by atoms with E-state index >= 15 is 0 Å². The second kappa shape index (κ2) is 4.43. The average molecular weight is 220 g/mol. The number of benzene rings is 1. The summed E-state index contributed by atoms with van der Waals surface area (Å²) >= 11 is 0. The van der Waals surface area contributed by atoms with Crippen LogP contribution < -0.4 is 11.1 Å². The van der Waals surface area contributed by atoms with E-state index in [1.165, 1.54) is 5.56 Å². The lowest BCUT2D eigenvalue weighted by molar-refractivity contribution is -0.137. The summed E-state index contributed by atoms with van der Waals surface area (Å²) in [7, 11) is 0. The van der Waals surface area contributed by atoms with Gasteiger partial charge in [-0.2, -0.15) is 0 Å². The topological polar surface area (TPSA) is 75.3 Å². The Bertz CT molecular complexity index is 404. The van der Waals surface area contributed by atoms with Gasteiger partial charge in [0, 0.05) is 17.4 Å². The Labute approximate surface area is 94.5 Å². The number of anilines is 2. The third-order valence-corrected chi connectivity index (χ3v) is 2.91. The van der Waals surface area contributed by atoms with Gasteiger partial charge >= 0.3 is 5.97 Å². The van der Waals surface area contributed by atoms with Crippen LogP contribution in [0, 0.1) is 0 Å². The summed E-state index contributed by atoms with van der Waals surface area (Å²) in [6, 6.07) is 5.80. The molecule has 86 valence electrons. The zero-order valence-electron chi connectivity index (χ0n) is 9.07. The van der Waals surface area contributed by atoms with Crippen LogP contribution in [0.25, 0.3) is 0 Å². The number of aryl methyl sites for hydroxylation is 1. The van der Waals surface area contributed by atoms with Crippen molar-refractivity contribution in [1.82, 2.24) is 0 Å². The fraction of sp³-hybridized carbons (Fsp3) is 0.417. The van der Waals surface area contributed by atoms with E-state index in [0.29, 0.717) is 5.69 Å². The third kappa shape index (κ3) is 2.45. The molecule has 0 aromatic heterocycles. The Balaban J connectivity index is 2.19. The lowest BCUT2D eigenvalue weighted by Crippen LogP contribution is -2.22. The molecule has 1 aliphatic rings. The minimum absolute atomic E-state index is 0.0144. The van der Waals surface area contributed by atoms with Crippen LogP contribution in [-0.2, 0) is 11.2 Å². The van der Waals surface area contributed by atoms with Crippen molar-refractivity contribution in [3.8, 4) is 0 Å². The molecular formula is C12H16N2O2. The fourth-order valence-electron chi connectivity index (χ4n) is 2.14. The first-order chi connectivity index (χ1) is 7.65. The Morgan fingerprint density at radius 3 is 3.12 bits per heavy atom. The van der Waals surface area contributed by atoms with Crippen LogP contribution >= 0.6 is 0 Å². The van der Waals surface area contributed by atoms with Crippen LogP contribution in [0.4, 0.5) is 11.4 Å². The zero-order valence-corrected chi connectivity index (χ0v) is 9.07. The molecule has 0 fully saturated rings. The Hall–Kier alpha value is -1.71. The van der Waals surface area contributed by atoms with Crippen LogP contribution in [0.15, 0.2) is 18.2 Å². The SMILES string of the molecule is Nc1ccc2c(c1)N[C@@H](CC(=O)O)CCC2. The number of carbonyl (C=O) groups is 1. The molecular weight excluding hydrogens is 204 g/mol. The quantitative estimate of drug-likeness (QED) is 0.665. The fourth-order valence-corrected chi connectivity index (χ4v) is 2.14. The van der Waals surface area contributed by atoms with Crippen molar-refractivity contribution in [1.29, 1.82) is 0 Å². The third-order valence-electron chi connectivity index (χ3n) is 2.91. The van der Waals surface area contributed by atoms with Crippen LogP contribution in [-0.4, -0.2) is 17.1 Å². The minimum Gasteiger partial charge on any atom is -0.481 e. The highest BCUT2D eigenvalue weighted by Crippen LogP contribution is 2.26. The molecule has 0 radical (unpaired) electrons. The monoisotopic (exact) mass is 220 g/mol. The van der Waals surface area contributed by atoms with Crippen molar-refractivity contribution in [2.45, 2.75) is 31.7 Å². The van der Waals surface area contributed by atoms with Crippen molar-refractivity contribution >= 4 is 17.3 Å². The van der Waals surface area contributed by atoms with Gasteiger partial charge in [0.15, 0.2) is 0 Å². The molecule has 1 aromatic carbocycles. The van der Waals surface area contributed by atoms with Crippen molar-refractivity contribution in [2.75, 3.05) is 11.1 Å². The standard InChI is InChI=1S/C12H16N2O2/c13-9-5-4-8-2-1-3-10(7-12(15)16)14-11(8)6-9/h4-6,10,14H,1-3,7,13H2,(H,15,16)/t10-/m1/s1. The summed E-state index contributed by atoms with van der Waals surface area (Å²) in [5.41, 5.74) is 8.65. The molecule has 2 rings (SSSR count). The number of nitrogen functional groups attached to an aromatic ring is 1. The van der Waals surface area contributed by atoms with Crippen LogP contribution in [0.2, 0.25) is 0 Å². The Kier molecular flexibility index (Phi) is 2.99. The van der Waals surface area contributed by atoms with E-state index in [1.807, 2.05) is 18.2 Å². The predicted molar refractivity (Wildman–Crippen MR) is 63.5 cm³/mol. The molecule has 4 nitrogen and oxygen atoms in total. The molecule has 1 atom stereocenters. The number of fused-ring (bicyclic) bond motifs is 1. The molecule has 4 N–H and O–H groups in total. The Morgan fingerprint density at radius 2 is 2.38 bits per heavy atom. The molecule has 0 aliphatic carbocycles. The van der Waals surface area contributed by atoms with E-state index in [2.05, 4.69) is 5.32 Å². The smallest absolute Gasteiger partial charge is 0.305 e. The van der Waals surface area contributed by atoms with Crippen molar-refractivity contribution in [2.24, 2.45) is 0 Å². The van der Waals surface area contributed by atoms with Crippen LogP contribution in [0.5, 0.6) is 0 Å². The van der Waals surface area contributed by atoms with E-state index in [4.69, 9.17) is 10.8 Å². The molecule has 0 saturated heterocycles. The van der Waals surface area contributed by atoms with E-state index in [1.54, 1.807) is 0 Å². The van der Waals surface area contributed by atoms with Gasteiger partial charge in [0.1, 0.15) is 0 Å². The van der Waals surface area contributed by atoms with Gasteiger partial charge < -0.3 is 16.2 Å². The molecule has 1 aliphatic heterocycles. The minimum atomic E-state index is -0.759. The van der Waals surface area contributed by atoms with E-state index in [0.717, 1.165) is 24.9 Å². The maximum atomic E-state index is 10.7. The maximum Gasteiger partial charge on any atom is 0.305 e. The summed E-state index contributed by atoms with van der Waals surface area (Å²) in [5, 5.41) is 12.1. The van der Waals surface area contributed by atoms with Gasteiger partial charge in [0.25, 0.3) is 0 Å². The predicted octanol–water partition coefficient (Wildman–Crippen LogP) is 1.86. The molecule has 0 bridgehead atoms. The van der Waals surface area contributed by atoms with E-state index in [-0.39, 0.29) is 12.5 Å². The maximum absolute atomic E-state index is 10.7. The molecule has 0 unspecified atom stereocenters. The van der Waals surface area contributed by atoms with Gasteiger partial charge in [-0.05, 0) is 37.0 Å². The number of carboxylic acid groups (broad SMARTS) is 1. The lowest BCUT2D eigenvalue weighted by atomic mass is 10.1.